The molecule has 0 bridgehead atoms. The van der Waals surface area contributed by atoms with Gasteiger partial charge in [-0.3, -0.25) is 0 Å². The fraction of sp³-hybridized carbons (Fsp3) is 0.182. The summed E-state index contributed by atoms with van der Waals surface area (Å²) in [5.41, 5.74) is 6.62. The molecule has 0 unspecified atom stereocenters. The van der Waals surface area contributed by atoms with Crippen molar-refractivity contribution in [2.75, 3.05) is 12.3 Å². The molecule has 0 radical (unpaired) electrons. The Morgan fingerprint density at radius 2 is 2.33 bits per heavy atom. The number of esters is 1. The minimum absolute atomic E-state index is 0.304. The van der Waals surface area contributed by atoms with Crippen LogP contribution in [0.25, 0.3) is 0 Å². The van der Waals surface area contributed by atoms with E-state index < -0.39 is 5.97 Å². The molecule has 0 saturated carbocycles. The van der Waals surface area contributed by atoms with Crippen molar-refractivity contribution in [1.82, 2.24) is 0 Å². The highest BCUT2D eigenvalue weighted by Crippen LogP contribution is 2.17. The number of carbonyl (C=O) groups excluding carboxylic acids is 1. The number of carbonyl (C=O) groups is 1. The van der Waals surface area contributed by atoms with Gasteiger partial charge in [0.05, 0.1) is 11.6 Å². The molecule has 0 fully saturated rings. The van der Waals surface area contributed by atoms with Gasteiger partial charge in [0.2, 0.25) is 0 Å². The summed E-state index contributed by atoms with van der Waals surface area (Å²) in [4.78, 5) is 10.9. The van der Waals surface area contributed by atoms with Gasteiger partial charge in [-0.1, -0.05) is 17.5 Å². The maximum atomic E-state index is 10.9. The predicted octanol–water partition coefficient (Wildman–Crippen LogP) is 1.84. The quantitative estimate of drug-likeness (QED) is 0.449. The van der Waals surface area contributed by atoms with E-state index in [1.54, 1.807) is 25.1 Å². The van der Waals surface area contributed by atoms with Gasteiger partial charge in [-0.25, -0.2) is 4.79 Å². The summed E-state index contributed by atoms with van der Waals surface area (Å²) in [6.45, 7) is 2.02. The van der Waals surface area contributed by atoms with Crippen LogP contribution in [-0.4, -0.2) is 12.6 Å². The Morgan fingerprint density at radius 3 is 3.00 bits per heavy atom. The van der Waals surface area contributed by atoms with E-state index in [0.29, 0.717) is 22.9 Å². The van der Waals surface area contributed by atoms with Crippen LogP contribution in [0.4, 0.5) is 5.69 Å². The highest BCUT2D eigenvalue weighted by atomic mass is 35.5. The summed E-state index contributed by atoms with van der Waals surface area (Å²) in [7, 11) is 0. The van der Waals surface area contributed by atoms with Gasteiger partial charge in [-0.05, 0) is 25.1 Å². The van der Waals surface area contributed by atoms with E-state index in [1.165, 1.54) is 0 Å². The lowest BCUT2D eigenvalue weighted by Gasteiger charge is -1.97. The standard InChI is InChI=1S/C11H10ClNO2/c1-2-15-11(14)6-3-8-7-9(13)4-5-10(8)12/h4-5,7H,2,13H2,1H3. The second-order valence-electron chi connectivity index (χ2n) is 2.71. The number of nitrogens with two attached hydrogens (primary N) is 1. The molecule has 0 aliphatic carbocycles. The molecular weight excluding hydrogens is 214 g/mol. The van der Waals surface area contributed by atoms with Crippen molar-refractivity contribution in [2.24, 2.45) is 0 Å². The second-order valence-corrected chi connectivity index (χ2v) is 3.12. The van der Waals surface area contributed by atoms with E-state index in [1.807, 2.05) is 0 Å². The van der Waals surface area contributed by atoms with E-state index in [-0.39, 0.29) is 0 Å². The van der Waals surface area contributed by atoms with Crippen LogP contribution < -0.4 is 5.73 Å². The van der Waals surface area contributed by atoms with Crippen LogP contribution in [0.5, 0.6) is 0 Å². The summed E-state index contributed by atoms with van der Waals surface area (Å²) in [5, 5.41) is 0.459. The van der Waals surface area contributed by atoms with E-state index >= 15 is 0 Å². The Kier molecular flexibility index (Phi) is 4.02. The van der Waals surface area contributed by atoms with Crippen LogP contribution in [-0.2, 0) is 9.53 Å². The van der Waals surface area contributed by atoms with Gasteiger partial charge >= 0.3 is 5.97 Å². The van der Waals surface area contributed by atoms with Gasteiger partial charge in [-0.2, -0.15) is 0 Å². The van der Waals surface area contributed by atoms with E-state index in [4.69, 9.17) is 17.3 Å². The number of halogens is 1. The normalized spacial score (nSPS) is 8.93. The van der Waals surface area contributed by atoms with Crippen LogP contribution in [0, 0.1) is 11.8 Å². The number of hydrogen-bond donors (Lipinski definition) is 1. The number of rotatable bonds is 1. The highest BCUT2D eigenvalue weighted by molar-refractivity contribution is 6.31. The molecule has 0 aliphatic rings. The number of ether oxygens (including phenoxy) is 1. The third kappa shape index (κ3) is 3.53. The second kappa shape index (κ2) is 5.28. The van der Waals surface area contributed by atoms with Gasteiger partial charge in [0, 0.05) is 17.2 Å². The van der Waals surface area contributed by atoms with Crippen molar-refractivity contribution in [3.63, 3.8) is 0 Å². The molecule has 0 amide bonds. The molecule has 2 N–H and O–H groups in total. The number of benzene rings is 1. The molecule has 1 rings (SSSR count). The molecule has 0 spiro atoms. The monoisotopic (exact) mass is 223 g/mol. The lowest BCUT2D eigenvalue weighted by atomic mass is 10.2. The first-order valence-electron chi connectivity index (χ1n) is 4.37. The van der Waals surface area contributed by atoms with Crippen molar-refractivity contribution < 1.29 is 9.53 Å². The predicted molar refractivity (Wildman–Crippen MR) is 59.4 cm³/mol. The molecule has 0 atom stereocenters. The lowest BCUT2D eigenvalue weighted by Crippen LogP contribution is -1.99. The van der Waals surface area contributed by atoms with Crippen molar-refractivity contribution in [2.45, 2.75) is 6.92 Å². The zero-order chi connectivity index (χ0) is 11.3. The molecule has 3 nitrogen and oxygen atoms in total. The van der Waals surface area contributed by atoms with Gasteiger partial charge < -0.3 is 10.5 Å². The number of anilines is 1. The summed E-state index contributed by atoms with van der Waals surface area (Å²) < 4.78 is 4.65. The Bertz CT molecular complexity index is 432. The zero-order valence-corrected chi connectivity index (χ0v) is 8.97. The van der Waals surface area contributed by atoms with E-state index in [0.717, 1.165) is 0 Å². The molecular formula is C11H10ClNO2. The molecule has 0 saturated heterocycles. The van der Waals surface area contributed by atoms with Gasteiger partial charge in [-0.15, -0.1) is 0 Å². The molecule has 78 valence electrons. The van der Waals surface area contributed by atoms with Gasteiger partial charge in [0.1, 0.15) is 0 Å². The zero-order valence-electron chi connectivity index (χ0n) is 8.21. The van der Waals surface area contributed by atoms with Crippen molar-refractivity contribution in [1.29, 1.82) is 0 Å². The molecule has 15 heavy (non-hydrogen) atoms. The smallest absolute Gasteiger partial charge is 0.384 e. The Labute approximate surface area is 93.2 Å². The van der Waals surface area contributed by atoms with Crippen molar-refractivity contribution in [3.05, 3.63) is 28.8 Å². The average Bonchev–Trinajstić information content (AvgIpc) is 2.20. The maximum Gasteiger partial charge on any atom is 0.384 e. The Hall–Kier alpha value is -1.66. The number of nitrogen functional groups attached to an aromatic ring is 1. The van der Waals surface area contributed by atoms with Crippen LogP contribution >= 0.6 is 11.6 Å². The van der Waals surface area contributed by atoms with Crippen molar-refractivity contribution in [3.8, 4) is 11.8 Å². The molecule has 0 aliphatic heterocycles. The van der Waals surface area contributed by atoms with Crippen molar-refractivity contribution >= 4 is 23.3 Å². The molecule has 4 heteroatoms. The first-order valence-corrected chi connectivity index (χ1v) is 4.75. The summed E-state index contributed by atoms with van der Waals surface area (Å²) >= 11 is 5.85. The minimum Gasteiger partial charge on any atom is -0.456 e. The highest BCUT2D eigenvalue weighted by Gasteiger charge is 1.98. The largest absolute Gasteiger partial charge is 0.456 e. The van der Waals surface area contributed by atoms with Crippen LogP contribution in [0.2, 0.25) is 5.02 Å². The first-order chi connectivity index (χ1) is 7.13. The van der Waals surface area contributed by atoms with Crippen LogP contribution in [0.3, 0.4) is 0 Å². The summed E-state index contributed by atoms with van der Waals surface area (Å²) in [5.74, 6) is 4.35. The van der Waals surface area contributed by atoms with Gasteiger partial charge in [0.15, 0.2) is 0 Å². The average molecular weight is 224 g/mol. The van der Waals surface area contributed by atoms with Crippen LogP contribution in [0.15, 0.2) is 18.2 Å². The maximum absolute atomic E-state index is 10.9. The fourth-order valence-corrected chi connectivity index (χ4v) is 1.09. The number of hydrogen-bond acceptors (Lipinski definition) is 3. The third-order valence-corrected chi connectivity index (χ3v) is 1.89. The molecule has 1 aromatic carbocycles. The Morgan fingerprint density at radius 1 is 1.60 bits per heavy atom. The molecule has 0 aromatic heterocycles. The first kappa shape index (κ1) is 11.4. The molecule has 0 heterocycles. The molecule has 1 aromatic rings. The van der Waals surface area contributed by atoms with E-state index in [9.17, 15) is 4.79 Å². The Balaban J connectivity index is 2.88. The summed E-state index contributed by atoms with van der Waals surface area (Å²) in [6, 6.07) is 4.90. The SMILES string of the molecule is CCOC(=O)C#Cc1cc(N)ccc1Cl. The third-order valence-electron chi connectivity index (χ3n) is 1.57. The fourth-order valence-electron chi connectivity index (χ4n) is 0.924. The van der Waals surface area contributed by atoms with Gasteiger partial charge in [0.25, 0.3) is 0 Å². The lowest BCUT2D eigenvalue weighted by molar-refractivity contribution is -0.136. The topological polar surface area (TPSA) is 52.3 Å². The van der Waals surface area contributed by atoms with Crippen LogP contribution in [0.1, 0.15) is 12.5 Å². The minimum atomic E-state index is -0.573. The summed E-state index contributed by atoms with van der Waals surface area (Å²) in [6.07, 6.45) is 0. The van der Waals surface area contributed by atoms with E-state index in [2.05, 4.69) is 16.6 Å².